The molecule has 2 fully saturated rings. The number of ether oxygens (including phenoxy) is 1. The maximum atomic E-state index is 12.6. The Labute approximate surface area is 145 Å². The van der Waals surface area contributed by atoms with Gasteiger partial charge in [0.1, 0.15) is 0 Å². The van der Waals surface area contributed by atoms with Gasteiger partial charge < -0.3 is 9.64 Å². The number of tetrazole rings is 1. The van der Waals surface area contributed by atoms with Crippen molar-refractivity contribution in [2.75, 3.05) is 37.5 Å². The van der Waals surface area contributed by atoms with Crippen LogP contribution in [0.2, 0.25) is 0 Å². The average Bonchev–Trinajstić information content (AvgIpc) is 3.17. The molecule has 9 nitrogen and oxygen atoms in total. The molecule has 0 aromatic carbocycles. The monoisotopic (exact) mass is 375 g/mol. The van der Waals surface area contributed by atoms with Crippen molar-refractivity contribution in [1.82, 2.24) is 25.1 Å². The normalized spacial score (nSPS) is 22.6. The number of methoxy groups -OCH3 is 1. The van der Waals surface area contributed by atoms with Gasteiger partial charge in [-0.1, -0.05) is 11.8 Å². The van der Waals surface area contributed by atoms with Gasteiger partial charge in [-0.15, -0.1) is 5.10 Å². The van der Waals surface area contributed by atoms with Gasteiger partial charge in [-0.2, -0.15) is 0 Å². The highest BCUT2D eigenvalue weighted by atomic mass is 32.2. The number of hydrogen-bond donors (Lipinski definition) is 0. The van der Waals surface area contributed by atoms with Gasteiger partial charge in [0.15, 0.2) is 9.84 Å². The first-order chi connectivity index (χ1) is 11.5. The molecule has 0 radical (unpaired) electrons. The van der Waals surface area contributed by atoms with Crippen molar-refractivity contribution in [1.29, 1.82) is 0 Å². The number of carbonyl (C=O) groups excluding carboxylic acids is 1. The molecule has 1 saturated heterocycles. The molecule has 2 aliphatic rings. The molecular formula is C13H21N5O4S2. The first-order valence-electron chi connectivity index (χ1n) is 7.89. The Morgan fingerprint density at radius 3 is 2.83 bits per heavy atom. The van der Waals surface area contributed by atoms with Crippen molar-refractivity contribution >= 4 is 27.5 Å². The lowest BCUT2D eigenvalue weighted by molar-refractivity contribution is -0.130. The van der Waals surface area contributed by atoms with E-state index < -0.39 is 9.84 Å². The van der Waals surface area contributed by atoms with E-state index in [1.165, 1.54) is 11.8 Å². The van der Waals surface area contributed by atoms with Crippen LogP contribution in [0.25, 0.3) is 0 Å². The minimum Gasteiger partial charge on any atom is -0.383 e. The second-order valence-electron chi connectivity index (χ2n) is 6.06. The summed E-state index contributed by atoms with van der Waals surface area (Å²) in [6, 6.07) is 0.0832. The van der Waals surface area contributed by atoms with Crippen LogP contribution >= 0.6 is 11.8 Å². The molecule has 1 aliphatic heterocycles. The molecule has 1 aromatic heterocycles. The molecule has 0 bridgehead atoms. The molecule has 2 heterocycles. The molecule has 134 valence electrons. The Morgan fingerprint density at radius 2 is 2.21 bits per heavy atom. The van der Waals surface area contributed by atoms with Gasteiger partial charge in [0.2, 0.25) is 11.1 Å². The van der Waals surface area contributed by atoms with Gasteiger partial charge in [-0.05, 0) is 29.7 Å². The standard InChI is InChI=1S/C13H21N5O4S2/c1-22-6-5-17(11-4-7-24(20,21)9-11)12(19)8-23-13-14-15-16-18(13)10-2-3-10/h10-11H,2-9H2,1H3. The van der Waals surface area contributed by atoms with E-state index in [-0.39, 0.29) is 29.2 Å². The maximum Gasteiger partial charge on any atom is 0.233 e. The van der Waals surface area contributed by atoms with Crippen molar-refractivity contribution < 1.29 is 17.9 Å². The highest BCUT2D eigenvalue weighted by Gasteiger charge is 2.35. The quantitative estimate of drug-likeness (QED) is 0.573. The van der Waals surface area contributed by atoms with E-state index in [0.29, 0.717) is 30.8 Å². The molecule has 1 atom stereocenters. The van der Waals surface area contributed by atoms with Crippen LogP contribution in [0.5, 0.6) is 0 Å². The number of amides is 1. The van der Waals surface area contributed by atoms with Crippen LogP contribution in [-0.2, 0) is 19.4 Å². The zero-order valence-corrected chi connectivity index (χ0v) is 15.1. The fraction of sp³-hybridized carbons (Fsp3) is 0.846. The number of carbonyl (C=O) groups is 1. The summed E-state index contributed by atoms with van der Waals surface area (Å²) in [6.07, 6.45) is 2.61. The minimum absolute atomic E-state index is 0.0347. The Hall–Kier alpha value is -1.20. The number of nitrogens with zero attached hydrogens (tertiary/aromatic N) is 5. The number of sulfone groups is 1. The van der Waals surface area contributed by atoms with Crippen molar-refractivity contribution in [2.45, 2.75) is 36.5 Å². The van der Waals surface area contributed by atoms with Gasteiger partial charge in [0, 0.05) is 19.7 Å². The Morgan fingerprint density at radius 1 is 1.42 bits per heavy atom. The molecule has 0 N–H and O–H groups in total. The molecule has 1 aliphatic carbocycles. The third kappa shape index (κ3) is 4.25. The zero-order chi connectivity index (χ0) is 17.2. The summed E-state index contributed by atoms with van der Waals surface area (Å²) in [6.45, 7) is 0.774. The van der Waals surface area contributed by atoms with E-state index in [0.717, 1.165) is 12.8 Å². The molecule has 1 unspecified atom stereocenters. The summed E-state index contributed by atoms with van der Waals surface area (Å²) in [4.78, 5) is 14.2. The summed E-state index contributed by atoms with van der Waals surface area (Å²) in [5.74, 6) is 0.256. The number of aromatic nitrogens is 4. The van der Waals surface area contributed by atoms with Gasteiger partial charge in [-0.25, -0.2) is 13.1 Å². The van der Waals surface area contributed by atoms with Crippen molar-refractivity contribution in [3.8, 4) is 0 Å². The van der Waals surface area contributed by atoms with E-state index in [1.54, 1.807) is 16.7 Å². The molecule has 1 saturated carbocycles. The fourth-order valence-electron chi connectivity index (χ4n) is 2.76. The summed E-state index contributed by atoms with van der Waals surface area (Å²) in [5, 5.41) is 12.2. The number of thioether (sulfide) groups is 1. The third-order valence-electron chi connectivity index (χ3n) is 4.19. The minimum atomic E-state index is -3.04. The van der Waals surface area contributed by atoms with Gasteiger partial charge in [0.25, 0.3) is 0 Å². The first-order valence-corrected chi connectivity index (χ1v) is 10.7. The lowest BCUT2D eigenvalue weighted by Gasteiger charge is -2.27. The van der Waals surface area contributed by atoms with Gasteiger partial charge in [-0.3, -0.25) is 4.79 Å². The number of hydrogen-bond acceptors (Lipinski definition) is 8. The fourth-order valence-corrected chi connectivity index (χ4v) is 5.32. The van der Waals surface area contributed by atoms with Crippen LogP contribution in [0.15, 0.2) is 5.16 Å². The van der Waals surface area contributed by atoms with Gasteiger partial charge in [0.05, 0.1) is 29.9 Å². The van der Waals surface area contributed by atoms with E-state index >= 15 is 0 Å². The van der Waals surface area contributed by atoms with E-state index in [4.69, 9.17) is 4.74 Å². The third-order valence-corrected chi connectivity index (χ3v) is 6.85. The van der Waals surface area contributed by atoms with Crippen LogP contribution in [0.3, 0.4) is 0 Å². The number of rotatable bonds is 8. The van der Waals surface area contributed by atoms with Crippen LogP contribution in [0.4, 0.5) is 0 Å². The van der Waals surface area contributed by atoms with Crippen LogP contribution in [-0.4, -0.2) is 83.0 Å². The summed E-state index contributed by atoms with van der Waals surface area (Å²) < 4.78 is 30.2. The van der Waals surface area contributed by atoms with E-state index in [2.05, 4.69) is 15.5 Å². The zero-order valence-electron chi connectivity index (χ0n) is 13.5. The highest BCUT2D eigenvalue weighted by molar-refractivity contribution is 7.99. The lowest BCUT2D eigenvalue weighted by Crippen LogP contribution is -2.44. The predicted octanol–water partition coefficient (Wildman–Crippen LogP) is -0.238. The molecular weight excluding hydrogens is 354 g/mol. The summed E-state index contributed by atoms with van der Waals surface area (Å²) in [5.41, 5.74) is 0. The Bertz CT molecular complexity index is 688. The smallest absolute Gasteiger partial charge is 0.233 e. The lowest BCUT2D eigenvalue weighted by atomic mass is 10.2. The molecule has 3 rings (SSSR count). The SMILES string of the molecule is COCCN(C(=O)CSc1nnnn1C1CC1)C1CCS(=O)(=O)C1. The van der Waals surface area contributed by atoms with Crippen LogP contribution in [0, 0.1) is 0 Å². The molecule has 24 heavy (non-hydrogen) atoms. The summed E-state index contributed by atoms with van der Waals surface area (Å²) in [7, 11) is -1.48. The highest BCUT2D eigenvalue weighted by Crippen LogP contribution is 2.36. The maximum absolute atomic E-state index is 12.6. The molecule has 1 amide bonds. The summed E-state index contributed by atoms with van der Waals surface area (Å²) >= 11 is 1.30. The second kappa shape index (κ2) is 7.36. The Balaban J connectivity index is 1.61. The Kier molecular flexibility index (Phi) is 5.40. The molecule has 1 aromatic rings. The second-order valence-corrected chi connectivity index (χ2v) is 9.23. The van der Waals surface area contributed by atoms with Crippen molar-refractivity contribution in [3.05, 3.63) is 0 Å². The average molecular weight is 375 g/mol. The molecule has 0 spiro atoms. The largest absolute Gasteiger partial charge is 0.383 e. The first kappa shape index (κ1) is 17.6. The van der Waals surface area contributed by atoms with Crippen LogP contribution in [0.1, 0.15) is 25.3 Å². The van der Waals surface area contributed by atoms with Crippen LogP contribution < -0.4 is 0 Å². The molecule has 11 heteroatoms. The van der Waals surface area contributed by atoms with Crippen molar-refractivity contribution in [3.63, 3.8) is 0 Å². The predicted molar refractivity (Wildman–Crippen MR) is 87.5 cm³/mol. The van der Waals surface area contributed by atoms with E-state index in [1.807, 2.05) is 0 Å². The van der Waals surface area contributed by atoms with E-state index in [9.17, 15) is 13.2 Å². The van der Waals surface area contributed by atoms with Gasteiger partial charge >= 0.3 is 0 Å². The topological polar surface area (TPSA) is 107 Å². The van der Waals surface area contributed by atoms with Crippen molar-refractivity contribution in [2.24, 2.45) is 0 Å².